The smallest absolute Gasteiger partial charge is 0.255 e. The van der Waals surface area contributed by atoms with E-state index in [2.05, 4.69) is 10.1 Å². The summed E-state index contributed by atoms with van der Waals surface area (Å²) >= 11 is 0. The Morgan fingerprint density at radius 3 is 2.79 bits per heavy atom. The first-order chi connectivity index (χ1) is 9.26. The molecule has 0 radical (unpaired) electrons. The third-order valence-corrected chi connectivity index (χ3v) is 3.77. The Morgan fingerprint density at radius 2 is 2.16 bits per heavy atom. The summed E-state index contributed by atoms with van der Waals surface area (Å²) in [4.78, 5) is 4.27. The SMILES string of the molecule is COC(c1noc([C@@H](O)CCN)n1)C1CCCCC1. The van der Waals surface area contributed by atoms with Crippen molar-refractivity contribution in [2.45, 2.75) is 50.7 Å². The number of aromatic nitrogens is 2. The predicted molar refractivity (Wildman–Crippen MR) is 69.3 cm³/mol. The lowest BCUT2D eigenvalue weighted by atomic mass is 9.85. The molecule has 0 saturated heterocycles. The maximum absolute atomic E-state index is 9.78. The highest BCUT2D eigenvalue weighted by molar-refractivity contribution is 4.96. The number of aliphatic hydroxyl groups excluding tert-OH is 1. The molecule has 1 aromatic rings. The second-order valence-electron chi connectivity index (χ2n) is 5.14. The van der Waals surface area contributed by atoms with Crippen LogP contribution in [0.2, 0.25) is 0 Å². The lowest BCUT2D eigenvalue weighted by Gasteiger charge is -2.26. The lowest BCUT2D eigenvalue weighted by molar-refractivity contribution is 0.0273. The van der Waals surface area contributed by atoms with Crippen molar-refractivity contribution in [3.05, 3.63) is 11.7 Å². The normalized spacial score (nSPS) is 20.4. The van der Waals surface area contributed by atoms with E-state index in [4.69, 9.17) is 15.0 Å². The Kier molecular flexibility index (Phi) is 5.30. The molecule has 0 amide bonds. The monoisotopic (exact) mass is 269 g/mol. The van der Waals surface area contributed by atoms with Gasteiger partial charge in [-0.3, -0.25) is 0 Å². The van der Waals surface area contributed by atoms with Crippen LogP contribution in [0.15, 0.2) is 4.52 Å². The maximum Gasteiger partial charge on any atom is 0.255 e. The number of methoxy groups -OCH3 is 1. The molecule has 2 atom stereocenters. The molecule has 0 bridgehead atoms. The first-order valence-corrected chi connectivity index (χ1v) is 7.00. The third-order valence-electron chi connectivity index (χ3n) is 3.77. The molecule has 1 heterocycles. The van der Waals surface area contributed by atoms with Gasteiger partial charge in [-0.15, -0.1) is 0 Å². The van der Waals surface area contributed by atoms with E-state index in [1.54, 1.807) is 7.11 Å². The van der Waals surface area contributed by atoms with Gasteiger partial charge in [0.15, 0.2) is 0 Å². The van der Waals surface area contributed by atoms with Gasteiger partial charge in [0, 0.05) is 7.11 Å². The first-order valence-electron chi connectivity index (χ1n) is 7.00. The molecule has 3 N–H and O–H groups in total. The van der Waals surface area contributed by atoms with Gasteiger partial charge in [0.1, 0.15) is 12.2 Å². The Morgan fingerprint density at radius 1 is 1.42 bits per heavy atom. The number of hydrogen-bond acceptors (Lipinski definition) is 6. The molecule has 2 rings (SSSR count). The van der Waals surface area contributed by atoms with Crippen LogP contribution in [0, 0.1) is 5.92 Å². The van der Waals surface area contributed by atoms with Gasteiger partial charge in [0.05, 0.1) is 0 Å². The summed E-state index contributed by atoms with van der Waals surface area (Å²) in [6.07, 6.45) is 5.51. The average Bonchev–Trinajstić information content (AvgIpc) is 2.91. The molecule has 1 unspecified atom stereocenters. The maximum atomic E-state index is 9.78. The molecule has 108 valence electrons. The van der Waals surface area contributed by atoms with E-state index in [0.29, 0.717) is 24.7 Å². The van der Waals surface area contributed by atoms with Crippen LogP contribution in [-0.4, -0.2) is 28.9 Å². The van der Waals surface area contributed by atoms with E-state index in [1.165, 1.54) is 19.3 Å². The summed E-state index contributed by atoms with van der Waals surface area (Å²) in [5.74, 6) is 1.22. The number of ether oxygens (including phenoxy) is 1. The highest BCUT2D eigenvalue weighted by Crippen LogP contribution is 2.35. The molecule has 1 aliphatic carbocycles. The van der Waals surface area contributed by atoms with Crippen LogP contribution in [0.3, 0.4) is 0 Å². The Labute approximate surface area is 113 Å². The molecule has 19 heavy (non-hydrogen) atoms. The number of aliphatic hydroxyl groups is 1. The molecule has 1 aromatic heterocycles. The fourth-order valence-electron chi connectivity index (χ4n) is 2.73. The van der Waals surface area contributed by atoms with Gasteiger partial charge in [0.2, 0.25) is 5.82 Å². The zero-order valence-corrected chi connectivity index (χ0v) is 11.4. The molecule has 0 spiro atoms. The fourth-order valence-corrected chi connectivity index (χ4v) is 2.73. The molecule has 6 nitrogen and oxygen atoms in total. The van der Waals surface area contributed by atoms with Crippen molar-refractivity contribution in [2.75, 3.05) is 13.7 Å². The first kappa shape index (κ1) is 14.4. The van der Waals surface area contributed by atoms with Gasteiger partial charge in [0.25, 0.3) is 5.89 Å². The van der Waals surface area contributed by atoms with Crippen LogP contribution in [0.25, 0.3) is 0 Å². The highest BCUT2D eigenvalue weighted by atomic mass is 16.5. The Bertz CT molecular complexity index is 377. The number of nitrogens with zero attached hydrogens (tertiary/aromatic N) is 2. The van der Waals surface area contributed by atoms with Crippen molar-refractivity contribution < 1.29 is 14.4 Å². The van der Waals surface area contributed by atoms with Gasteiger partial charge in [-0.05, 0) is 31.7 Å². The Hall–Kier alpha value is -0.980. The van der Waals surface area contributed by atoms with Crippen molar-refractivity contribution in [1.82, 2.24) is 10.1 Å². The van der Waals surface area contributed by atoms with E-state index in [1.807, 2.05) is 0 Å². The summed E-state index contributed by atoms with van der Waals surface area (Å²) in [5.41, 5.74) is 5.40. The van der Waals surface area contributed by atoms with E-state index >= 15 is 0 Å². The standard InChI is InChI=1S/C13H23N3O3/c1-18-11(9-5-3-2-4-6-9)12-15-13(19-16-12)10(17)7-8-14/h9-11,17H,2-8,14H2,1H3/t10-,11?/m0/s1. The Balaban J connectivity index is 2.06. The summed E-state index contributed by atoms with van der Waals surface area (Å²) in [7, 11) is 1.67. The zero-order valence-electron chi connectivity index (χ0n) is 11.4. The van der Waals surface area contributed by atoms with Gasteiger partial charge >= 0.3 is 0 Å². The number of rotatable bonds is 6. The average molecular weight is 269 g/mol. The van der Waals surface area contributed by atoms with E-state index in [-0.39, 0.29) is 12.0 Å². The number of nitrogens with two attached hydrogens (primary N) is 1. The summed E-state index contributed by atoms with van der Waals surface area (Å²) in [5, 5.41) is 13.7. The topological polar surface area (TPSA) is 94.4 Å². The van der Waals surface area contributed by atoms with Crippen molar-refractivity contribution in [3.63, 3.8) is 0 Å². The van der Waals surface area contributed by atoms with Crippen LogP contribution in [0.5, 0.6) is 0 Å². The minimum atomic E-state index is -0.782. The summed E-state index contributed by atoms with van der Waals surface area (Å²) < 4.78 is 10.6. The van der Waals surface area contributed by atoms with Gasteiger partial charge in [-0.2, -0.15) is 4.98 Å². The van der Waals surface area contributed by atoms with E-state index in [9.17, 15) is 5.11 Å². The minimum Gasteiger partial charge on any atom is -0.383 e. The molecule has 0 aliphatic heterocycles. The van der Waals surface area contributed by atoms with Crippen LogP contribution in [-0.2, 0) is 4.74 Å². The predicted octanol–water partition coefficient (Wildman–Crippen LogP) is 1.72. The second-order valence-corrected chi connectivity index (χ2v) is 5.14. The summed E-state index contributed by atoms with van der Waals surface area (Å²) in [6, 6.07) is 0. The minimum absolute atomic E-state index is 0.136. The van der Waals surface area contributed by atoms with Crippen molar-refractivity contribution in [1.29, 1.82) is 0 Å². The number of hydrogen-bond donors (Lipinski definition) is 2. The van der Waals surface area contributed by atoms with Crippen molar-refractivity contribution >= 4 is 0 Å². The molecular formula is C13H23N3O3. The van der Waals surface area contributed by atoms with Gasteiger partial charge < -0.3 is 20.1 Å². The van der Waals surface area contributed by atoms with Crippen LogP contribution < -0.4 is 5.73 Å². The fraction of sp³-hybridized carbons (Fsp3) is 0.846. The molecular weight excluding hydrogens is 246 g/mol. The van der Waals surface area contributed by atoms with Crippen molar-refractivity contribution in [2.24, 2.45) is 11.7 Å². The quantitative estimate of drug-likeness (QED) is 0.816. The van der Waals surface area contributed by atoms with Gasteiger partial charge in [-0.1, -0.05) is 24.4 Å². The second kappa shape index (κ2) is 6.98. The molecule has 1 saturated carbocycles. The van der Waals surface area contributed by atoms with E-state index < -0.39 is 6.10 Å². The van der Waals surface area contributed by atoms with E-state index in [0.717, 1.165) is 12.8 Å². The van der Waals surface area contributed by atoms with Crippen LogP contribution in [0.1, 0.15) is 62.4 Å². The summed E-state index contributed by atoms with van der Waals surface area (Å²) in [6.45, 7) is 0.384. The molecule has 1 fully saturated rings. The molecule has 6 heteroatoms. The van der Waals surface area contributed by atoms with Crippen molar-refractivity contribution in [3.8, 4) is 0 Å². The highest BCUT2D eigenvalue weighted by Gasteiger charge is 2.29. The van der Waals surface area contributed by atoms with Crippen LogP contribution >= 0.6 is 0 Å². The van der Waals surface area contributed by atoms with Crippen LogP contribution in [0.4, 0.5) is 0 Å². The zero-order chi connectivity index (χ0) is 13.7. The lowest BCUT2D eigenvalue weighted by Crippen LogP contribution is -2.19. The third kappa shape index (κ3) is 3.52. The van der Waals surface area contributed by atoms with Gasteiger partial charge in [-0.25, -0.2) is 0 Å². The largest absolute Gasteiger partial charge is 0.383 e. The molecule has 0 aromatic carbocycles. The molecule has 1 aliphatic rings.